The minimum atomic E-state index is -3.86. The van der Waals surface area contributed by atoms with Crippen molar-refractivity contribution in [3.63, 3.8) is 0 Å². The number of carbonyl (C=O) groups is 2. The van der Waals surface area contributed by atoms with E-state index in [2.05, 4.69) is 25.9 Å². The molecule has 2 heterocycles. The minimum Gasteiger partial charge on any atom is -0.340 e. The van der Waals surface area contributed by atoms with Crippen LogP contribution in [0.4, 0.5) is 22.9 Å². The fourth-order valence-electron chi connectivity index (χ4n) is 5.12. The van der Waals surface area contributed by atoms with Gasteiger partial charge in [0.1, 0.15) is 12.1 Å². The molecule has 0 saturated carbocycles. The van der Waals surface area contributed by atoms with Crippen molar-refractivity contribution >= 4 is 55.6 Å². The van der Waals surface area contributed by atoms with Crippen LogP contribution in [0.2, 0.25) is 0 Å². The number of amides is 2. The number of carbonyl (C=O) groups excluding carboxylic acids is 2. The van der Waals surface area contributed by atoms with Crippen LogP contribution in [0.3, 0.4) is 0 Å². The monoisotopic (exact) mass is 671 g/mol. The third-order valence-corrected chi connectivity index (χ3v) is 9.16. The van der Waals surface area contributed by atoms with E-state index in [1.165, 1.54) is 16.4 Å². The van der Waals surface area contributed by atoms with Gasteiger partial charge in [-0.1, -0.05) is 48.5 Å². The summed E-state index contributed by atoms with van der Waals surface area (Å²) in [4.78, 5) is 36.1. The minimum absolute atomic E-state index is 0.184. The van der Waals surface area contributed by atoms with Crippen LogP contribution in [0.5, 0.6) is 0 Å². The predicted octanol–water partition coefficient (Wildman–Crippen LogP) is 6.39. The van der Waals surface area contributed by atoms with Crippen LogP contribution in [0.15, 0.2) is 139 Å². The van der Waals surface area contributed by atoms with Crippen LogP contribution in [0.25, 0.3) is 22.2 Å². The van der Waals surface area contributed by atoms with Crippen LogP contribution < -0.4 is 16.0 Å². The van der Waals surface area contributed by atoms with E-state index in [-0.39, 0.29) is 16.7 Å². The van der Waals surface area contributed by atoms with Crippen molar-refractivity contribution in [3.8, 4) is 11.3 Å². The predicted molar refractivity (Wildman–Crippen MR) is 192 cm³/mol. The van der Waals surface area contributed by atoms with Gasteiger partial charge in [-0.25, -0.2) is 22.4 Å². The largest absolute Gasteiger partial charge is 0.340 e. The molecule has 6 rings (SSSR count). The van der Waals surface area contributed by atoms with Gasteiger partial charge in [0.25, 0.3) is 15.9 Å². The molecule has 0 atom stereocenters. The summed E-state index contributed by atoms with van der Waals surface area (Å²) >= 11 is 0. The topological polar surface area (TPSA) is 138 Å². The molecule has 0 aliphatic rings. The molecule has 2 amide bonds. The first-order valence-electron chi connectivity index (χ1n) is 15.3. The van der Waals surface area contributed by atoms with Crippen molar-refractivity contribution in [1.29, 1.82) is 0 Å². The zero-order chi connectivity index (χ0) is 34.4. The zero-order valence-electron chi connectivity index (χ0n) is 26.7. The lowest BCUT2D eigenvalue weighted by Crippen LogP contribution is -2.13. The molecule has 0 bridgehead atoms. The highest BCUT2D eigenvalue weighted by Crippen LogP contribution is 2.33. The number of hydrogen-bond donors (Lipinski definition) is 3. The molecular weight excluding hydrogens is 639 g/mol. The molecule has 0 fully saturated rings. The second-order valence-electron chi connectivity index (χ2n) is 11.4. The van der Waals surface area contributed by atoms with Crippen molar-refractivity contribution in [2.75, 3.05) is 36.6 Å². The van der Waals surface area contributed by atoms with Gasteiger partial charge in [-0.05, 0) is 74.8 Å². The Balaban J connectivity index is 1.16. The number of benzene rings is 4. The van der Waals surface area contributed by atoms with Crippen LogP contribution in [0, 0.1) is 0 Å². The van der Waals surface area contributed by atoms with E-state index in [1.54, 1.807) is 103 Å². The molecule has 12 heteroatoms. The average molecular weight is 672 g/mol. The molecule has 0 aliphatic carbocycles. The Hall–Kier alpha value is -6.11. The van der Waals surface area contributed by atoms with E-state index < -0.39 is 10.0 Å². The van der Waals surface area contributed by atoms with E-state index in [1.807, 2.05) is 37.2 Å². The van der Waals surface area contributed by atoms with Crippen molar-refractivity contribution in [3.05, 3.63) is 139 Å². The van der Waals surface area contributed by atoms with Gasteiger partial charge in [0.2, 0.25) is 5.91 Å². The fraction of sp³-hybridized carbons (Fsp3) is 0.0811. The fourth-order valence-corrected chi connectivity index (χ4v) is 6.51. The molecule has 0 saturated heterocycles. The Kier molecular flexibility index (Phi) is 9.60. The number of nitrogens with zero attached hydrogens (tertiary/aromatic N) is 4. The summed E-state index contributed by atoms with van der Waals surface area (Å²) in [5.74, 6) is -0.0839. The van der Waals surface area contributed by atoms with Gasteiger partial charge in [-0.15, -0.1) is 0 Å². The van der Waals surface area contributed by atoms with Gasteiger partial charge in [0.05, 0.1) is 16.1 Å². The molecule has 3 N–H and O–H groups in total. The maximum atomic E-state index is 13.6. The van der Waals surface area contributed by atoms with Gasteiger partial charge >= 0.3 is 0 Å². The maximum Gasteiger partial charge on any atom is 0.268 e. The molecule has 0 unspecified atom stereocenters. The van der Waals surface area contributed by atoms with Crippen LogP contribution >= 0.6 is 0 Å². The van der Waals surface area contributed by atoms with Gasteiger partial charge in [0, 0.05) is 58.5 Å². The third kappa shape index (κ3) is 7.73. The number of hydrogen-bond acceptors (Lipinski definition) is 8. The number of likely N-dealkylation sites (N-methyl/N-ethyl adjacent to an activating group) is 1. The first-order chi connectivity index (χ1) is 23.7. The van der Waals surface area contributed by atoms with Crippen LogP contribution in [-0.2, 0) is 14.8 Å². The Morgan fingerprint density at radius 2 is 1.53 bits per heavy atom. The summed E-state index contributed by atoms with van der Waals surface area (Å²) in [7, 11) is -0.0226. The first kappa shape index (κ1) is 32.8. The highest BCUT2D eigenvalue weighted by molar-refractivity contribution is 7.90. The van der Waals surface area contributed by atoms with E-state index in [0.29, 0.717) is 51.8 Å². The lowest BCUT2D eigenvalue weighted by molar-refractivity contribution is -0.111. The summed E-state index contributed by atoms with van der Waals surface area (Å²) < 4.78 is 28.4. The molecule has 0 aliphatic heterocycles. The van der Waals surface area contributed by atoms with Crippen LogP contribution in [0.1, 0.15) is 10.4 Å². The normalized spacial score (nSPS) is 11.6. The molecular formula is C37H33N7O4S. The van der Waals surface area contributed by atoms with Gasteiger partial charge in [0.15, 0.2) is 0 Å². The van der Waals surface area contributed by atoms with Gasteiger partial charge < -0.3 is 20.9 Å². The summed E-state index contributed by atoms with van der Waals surface area (Å²) in [6, 6.07) is 31.1. The summed E-state index contributed by atoms with van der Waals surface area (Å²) in [5, 5.41) is 9.65. The lowest BCUT2D eigenvalue weighted by atomic mass is 10.1. The Labute approximate surface area is 284 Å². The zero-order valence-corrected chi connectivity index (χ0v) is 27.6. The van der Waals surface area contributed by atoms with E-state index in [4.69, 9.17) is 0 Å². The number of aromatic nitrogens is 3. The summed E-state index contributed by atoms with van der Waals surface area (Å²) in [5.41, 5.74) is 3.92. The number of anilines is 4. The van der Waals surface area contributed by atoms with Gasteiger partial charge in [-0.3, -0.25) is 9.59 Å². The number of fused-ring (bicyclic) bond motifs is 1. The average Bonchev–Trinajstić information content (AvgIpc) is 3.50. The molecule has 6 aromatic rings. The van der Waals surface area contributed by atoms with Crippen molar-refractivity contribution in [1.82, 2.24) is 18.8 Å². The molecule has 0 radical (unpaired) electrons. The van der Waals surface area contributed by atoms with E-state index in [9.17, 15) is 18.0 Å². The standard InChI is InChI=1S/C37H33N7O4S/c1-43(2)21-9-16-36(45)41-27-19-17-26(18-20-27)37(46)42-29-11-8-10-28(22-29)40-35-23-33(38-25-39-35)32-24-44(34-15-7-6-14-31(32)34)49(47,48)30-12-4-3-5-13-30/h3-20,22-25H,21H2,1-2H3,(H,41,45)(H,42,46)(H,38,39,40). The highest BCUT2D eigenvalue weighted by atomic mass is 32.2. The van der Waals surface area contributed by atoms with E-state index in [0.717, 1.165) is 5.39 Å². The summed E-state index contributed by atoms with van der Waals surface area (Å²) in [6.07, 6.45) is 6.24. The van der Waals surface area contributed by atoms with Crippen molar-refractivity contribution in [2.45, 2.75) is 4.90 Å². The second kappa shape index (κ2) is 14.3. The molecule has 49 heavy (non-hydrogen) atoms. The number of para-hydroxylation sites is 1. The van der Waals surface area contributed by atoms with Crippen LogP contribution in [-0.4, -0.2) is 59.7 Å². The number of rotatable bonds is 11. The van der Waals surface area contributed by atoms with Crippen molar-refractivity contribution < 1.29 is 18.0 Å². The Bertz CT molecular complexity index is 2270. The second-order valence-corrected chi connectivity index (χ2v) is 13.2. The van der Waals surface area contributed by atoms with Gasteiger partial charge in [-0.2, -0.15) is 0 Å². The smallest absolute Gasteiger partial charge is 0.268 e. The number of nitrogens with one attached hydrogen (secondary N) is 3. The molecule has 0 spiro atoms. The molecule has 11 nitrogen and oxygen atoms in total. The Morgan fingerprint density at radius 1 is 0.796 bits per heavy atom. The first-order valence-corrected chi connectivity index (χ1v) is 16.8. The highest BCUT2D eigenvalue weighted by Gasteiger charge is 2.22. The third-order valence-electron chi connectivity index (χ3n) is 7.47. The van der Waals surface area contributed by atoms with Crippen molar-refractivity contribution in [2.24, 2.45) is 0 Å². The lowest BCUT2D eigenvalue weighted by Gasteiger charge is -2.10. The Morgan fingerprint density at radius 3 is 2.31 bits per heavy atom. The molecule has 246 valence electrons. The molecule has 2 aromatic heterocycles. The quantitative estimate of drug-likeness (QED) is 0.135. The van der Waals surface area contributed by atoms with E-state index >= 15 is 0 Å². The maximum absolute atomic E-state index is 13.6. The molecule has 4 aromatic carbocycles. The summed E-state index contributed by atoms with van der Waals surface area (Å²) in [6.45, 7) is 0.652. The SMILES string of the molecule is CN(C)CC=CC(=O)Nc1ccc(C(=O)Nc2cccc(Nc3cc(-c4cn(S(=O)(=O)c5ccccc5)c5ccccc45)ncn3)c2)cc1.